The number of thioether (sulfide) groups is 1. The standard InChI is InChI=1S/C13H20BrNOS/c1-3-7-16-9-12(15-2)10-17-13-6-4-5-11(14)8-13/h4-6,8,12,15H,3,7,9-10H2,1-2H3. The zero-order chi connectivity index (χ0) is 12.5. The number of ether oxygens (including phenoxy) is 1. The van der Waals surface area contributed by atoms with Crippen LogP contribution in [0.3, 0.4) is 0 Å². The van der Waals surface area contributed by atoms with Crippen molar-refractivity contribution >= 4 is 27.7 Å². The van der Waals surface area contributed by atoms with Gasteiger partial charge in [0.2, 0.25) is 0 Å². The Kier molecular flexibility index (Phi) is 7.93. The van der Waals surface area contributed by atoms with E-state index in [-0.39, 0.29) is 0 Å². The van der Waals surface area contributed by atoms with Gasteiger partial charge in [-0.1, -0.05) is 28.9 Å². The average molecular weight is 318 g/mol. The van der Waals surface area contributed by atoms with Gasteiger partial charge in [-0.05, 0) is 31.7 Å². The van der Waals surface area contributed by atoms with Crippen LogP contribution in [0.4, 0.5) is 0 Å². The Labute approximate surface area is 117 Å². The monoisotopic (exact) mass is 317 g/mol. The summed E-state index contributed by atoms with van der Waals surface area (Å²) < 4.78 is 6.69. The number of nitrogens with one attached hydrogen (secondary N) is 1. The van der Waals surface area contributed by atoms with Crippen LogP contribution in [0.2, 0.25) is 0 Å². The van der Waals surface area contributed by atoms with Gasteiger partial charge in [0.15, 0.2) is 0 Å². The maximum atomic E-state index is 5.56. The second-order valence-corrected chi connectivity index (χ2v) is 5.84. The molecule has 1 aromatic rings. The molecule has 1 unspecified atom stereocenters. The summed E-state index contributed by atoms with van der Waals surface area (Å²) in [5, 5.41) is 3.29. The van der Waals surface area contributed by atoms with Crippen molar-refractivity contribution in [2.45, 2.75) is 24.3 Å². The number of hydrogen-bond donors (Lipinski definition) is 1. The van der Waals surface area contributed by atoms with E-state index in [0.717, 1.165) is 29.9 Å². The summed E-state index contributed by atoms with van der Waals surface area (Å²) in [5.74, 6) is 1.02. The fraction of sp³-hybridized carbons (Fsp3) is 0.538. The summed E-state index contributed by atoms with van der Waals surface area (Å²) in [6.45, 7) is 3.76. The molecule has 0 fully saturated rings. The van der Waals surface area contributed by atoms with Gasteiger partial charge in [0.25, 0.3) is 0 Å². The lowest BCUT2D eigenvalue weighted by Gasteiger charge is -2.15. The van der Waals surface area contributed by atoms with Crippen molar-refractivity contribution in [3.8, 4) is 0 Å². The van der Waals surface area contributed by atoms with E-state index in [4.69, 9.17) is 4.74 Å². The van der Waals surface area contributed by atoms with E-state index in [1.54, 1.807) is 0 Å². The molecule has 0 aliphatic carbocycles. The average Bonchev–Trinajstić information content (AvgIpc) is 2.34. The zero-order valence-corrected chi connectivity index (χ0v) is 12.8. The summed E-state index contributed by atoms with van der Waals surface area (Å²) in [4.78, 5) is 1.29. The highest BCUT2D eigenvalue weighted by Gasteiger charge is 2.06. The maximum Gasteiger partial charge on any atom is 0.0627 e. The smallest absolute Gasteiger partial charge is 0.0627 e. The minimum atomic E-state index is 0.408. The molecular formula is C13H20BrNOS. The lowest BCUT2D eigenvalue weighted by atomic mass is 10.4. The van der Waals surface area contributed by atoms with Gasteiger partial charge in [-0.15, -0.1) is 11.8 Å². The molecule has 0 bridgehead atoms. The maximum absolute atomic E-state index is 5.56. The van der Waals surface area contributed by atoms with E-state index in [1.807, 2.05) is 24.9 Å². The Hall–Kier alpha value is -0.0300. The highest BCUT2D eigenvalue weighted by atomic mass is 79.9. The van der Waals surface area contributed by atoms with Crippen LogP contribution in [0.25, 0.3) is 0 Å². The first-order valence-corrected chi connectivity index (χ1v) is 7.67. The molecule has 4 heteroatoms. The number of halogens is 1. The molecule has 0 heterocycles. The van der Waals surface area contributed by atoms with E-state index >= 15 is 0 Å². The zero-order valence-electron chi connectivity index (χ0n) is 10.4. The van der Waals surface area contributed by atoms with Crippen LogP contribution < -0.4 is 5.32 Å². The summed E-state index contributed by atoms with van der Waals surface area (Å²) in [7, 11) is 1.99. The Morgan fingerprint density at radius 1 is 1.47 bits per heavy atom. The van der Waals surface area contributed by atoms with Crippen LogP contribution in [0, 0.1) is 0 Å². The first-order chi connectivity index (χ1) is 8.26. The molecule has 2 nitrogen and oxygen atoms in total. The molecule has 1 aromatic carbocycles. The fourth-order valence-electron chi connectivity index (χ4n) is 1.34. The Morgan fingerprint density at radius 3 is 2.94 bits per heavy atom. The second kappa shape index (κ2) is 8.97. The lowest BCUT2D eigenvalue weighted by Crippen LogP contribution is -2.32. The molecule has 0 aliphatic heterocycles. The van der Waals surface area contributed by atoms with E-state index in [0.29, 0.717) is 6.04 Å². The molecule has 1 atom stereocenters. The Balaban J connectivity index is 2.31. The highest BCUT2D eigenvalue weighted by Crippen LogP contribution is 2.22. The second-order valence-electron chi connectivity index (χ2n) is 3.83. The lowest BCUT2D eigenvalue weighted by molar-refractivity contribution is 0.119. The van der Waals surface area contributed by atoms with Gasteiger partial charge in [0.05, 0.1) is 6.61 Å². The third-order valence-corrected chi connectivity index (χ3v) is 3.97. The molecular weight excluding hydrogens is 298 g/mol. The van der Waals surface area contributed by atoms with Gasteiger partial charge in [-0.2, -0.15) is 0 Å². The molecule has 0 amide bonds. The van der Waals surface area contributed by atoms with Gasteiger partial charge in [0.1, 0.15) is 0 Å². The summed E-state index contributed by atoms with van der Waals surface area (Å²) in [5.41, 5.74) is 0. The van der Waals surface area contributed by atoms with Crippen molar-refractivity contribution in [3.05, 3.63) is 28.7 Å². The first kappa shape index (κ1) is 15.0. The van der Waals surface area contributed by atoms with Crippen molar-refractivity contribution in [2.24, 2.45) is 0 Å². The van der Waals surface area contributed by atoms with Crippen LogP contribution in [0.5, 0.6) is 0 Å². The van der Waals surface area contributed by atoms with Gasteiger partial charge in [-0.3, -0.25) is 0 Å². The van der Waals surface area contributed by atoms with Crippen molar-refractivity contribution < 1.29 is 4.74 Å². The highest BCUT2D eigenvalue weighted by molar-refractivity contribution is 9.10. The molecule has 96 valence electrons. The van der Waals surface area contributed by atoms with Crippen LogP contribution in [-0.2, 0) is 4.74 Å². The van der Waals surface area contributed by atoms with Crippen molar-refractivity contribution in [1.82, 2.24) is 5.32 Å². The third-order valence-electron chi connectivity index (χ3n) is 2.32. The minimum absolute atomic E-state index is 0.408. The molecule has 1 N–H and O–H groups in total. The van der Waals surface area contributed by atoms with Crippen LogP contribution in [0.1, 0.15) is 13.3 Å². The van der Waals surface area contributed by atoms with E-state index in [9.17, 15) is 0 Å². The first-order valence-electron chi connectivity index (χ1n) is 5.89. The molecule has 17 heavy (non-hydrogen) atoms. The van der Waals surface area contributed by atoms with E-state index < -0.39 is 0 Å². The van der Waals surface area contributed by atoms with E-state index in [1.165, 1.54) is 4.90 Å². The predicted molar refractivity (Wildman–Crippen MR) is 78.8 cm³/mol. The van der Waals surface area contributed by atoms with Gasteiger partial charge in [-0.25, -0.2) is 0 Å². The molecule has 0 spiro atoms. The van der Waals surface area contributed by atoms with Crippen molar-refractivity contribution in [3.63, 3.8) is 0 Å². The van der Waals surface area contributed by atoms with Gasteiger partial charge >= 0.3 is 0 Å². The SMILES string of the molecule is CCCOCC(CSc1cccc(Br)c1)NC. The molecule has 0 radical (unpaired) electrons. The minimum Gasteiger partial charge on any atom is -0.380 e. The molecule has 0 aromatic heterocycles. The Morgan fingerprint density at radius 2 is 2.29 bits per heavy atom. The van der Waals surface area contributed by atoms with Gasteiger partial charge < -0.3 is 10.1 Å². The summed E-state index contributed by atoms with van der Waals surface area (Å²) in [6.07, 6.45) is 1.08. The van der Waals surface area contributed by atoms with Gasteiger partial charge in [0, 0.05) is 27.8 Å². The number of likely N-dealkylation sites (N-methyl/N-ethyl adjacent to an activating group) is 1. The summed E-state index contributed by atoms with van der Waals surface area (Å²) >= 11 is 5.34. The number of rotatable bonds is 8. The molecule has 0 saturated heterocycles. The Bertz CT molecular complexity index is 322. The molecule has 1 rings (SSSR count). The van der Waals surface area contributed by atoms with Crippen LogP contribution >= 0.6 is 27.7 Å². The number of hydrogen-bond acceptors (Lipinski definition) is 3. The van der Waals surface area contributed by atoms with Crippen molar-refractivity contribution in [1.29, 1.82) is 0 Å². The van der Waals surface area contributed by atoms with Crippen LogP contribution in [-0.4, -0.2) is 32.1 Å². The molecule has 0 saturated carbocycles. The molecule has 0 aliphatic rings. The quantitative estimate of drug-likeness (QED) is 0.585. The fourth-order valence-corrected chi connectivity index (χ4v) is 2.93. The third kappa shape index (κ3) is 6.46. The number of benzene rings is 1. The largest absolute Gasteiger partial charge is 0.380 e. The normalized spacial score (nSPS) is 12.6. The van der Waals surface area contributed by atoms with Crippen LogP contribution in [0.15, 0.2) is 33.6 Å². The van der Waals surface area contributed by atoms with E-state index in [2.05, 4.69) is 46.4 Å². The van der Waals surface area contributed by atoms with Crippen molar-refractivity contribution in [2.75, 3.05) is 26.0 Å². The predicted octanol–water partition coefficient (Wildman–Crippen LogP) is 3.56. The topological polar surface area (TPSA) is 21.3 Å². The summed E-state index contributed by atoms with van der Waals surface area (Å²) in [6, 6.07) is 8.79.